The van der Waals surface area contributed by atoms with Gasteiger partial charge in [0.05, 0.1) is 32.4 Å². The van der Waals surface area contributed by atoms with E-state index < -0.39 is 5.41 Å². The maximum Gasteiger partial charge on any atom is 0.160 e. The van der Waals surface area contributed by atoms with Gasteiger partial charge in [0, 0.05) is 43.6 Å². The monoisotopic (exact) mass is 759 g/mol. The molecular weight excluding hydrogens is 727 g/mol. The maximum absolute atomic E-state index is 6.58. The third-order valence-electron chi connectivity index (χ3n) is 12.6. The number of thiophene rings is 1. The highest BCUT2D eigenvalue weighted by Gasteiger charge is 2.51. The van der Waals surface area contributed by atoms with Crippen molar-refractivity contribution in [2.75, 3.05) is 0 Å². The highest BCUT2D eigenvalue weighted by Crippen LogP contribution is 2.62. The summed E-state index contributed by atoms with van der Waals surface area (Å²) in [7, 11) is 0. The van der Waals surface area contributed by atoms with Gasteiger partial charge in [-0.3, -0.25) is 0 Å². The predicted molar refractivity (Wildman–Crippen MR) is 237 cm³/mol. The van der Waals surface area contributed by atoms with E-state index in [2.05, 4.69) is 181 Å². The standard InChI is InChI=1S/C53H33N3OS/c1-2-14-34(15-3-1)56-44-22-10-5-17-36(44)39-31-33(27-29-45(39)56)52-54-49(51-50(55-52)37-18-6-13-25-48(37)58-51)32-26-28-41-38(30-32)35-16-4-7-19-40(35)53(41)42-20-8-11-23-46(42)57-47-24-12-9-21-43(47)53/h1-5,7-17,19-31H,6,18H2. The van der Waals surface area contributed by atoms with E-state index in [0.717, 1.165) is 68.4 Å². The van der Waals surface area contributed by atoms with Crippen molar-refractivity contribution in [2.45, 2.75) is 18.3 Å². The van der Waals surface area contributed by atoms with Crippen LogP contribution in [0.5, 0.6) is 11.5 Å². The minimum atomic E-state index is -0.511. The van der Waals surface area contributed by atoms with Crippen LogP contribution in [-0.4, -0.2) is 14.5 Å². The van der Waals surface area contributed by atoms with Gasteiger partial charge < -0.3 is 9.30 Å². The summed E-state index contributed by atoms with van der Waals surface area (Å²) in [5, 5.41) is 2.40. The fraction of sp³-hybridized carbons (Fsp3) is 0.0566. The van der Waals surface area contributed by atoms with Crippen molar-refractivity contribution < 1.29 is 4.74 Å². The summed E-state index contributed by atoms with van der Waals surface area (Å²) in [5.41, 5.74) is 15.8. The quantitative estimate of drug-likeness (QED) is 0.180. The predicted octanol–water partition coefficient (Wildman–Crippen LogP) is 13.6. The maximum atomic E-state index is 6.58. The van der Waals surface area contributed by atoms with Crippen molar-refractivity contribution >= 4 is 49.4 Å². The number of para-hydroxylation sites is 4. The summed E-state index contributed by atoms with van der Waals surface area (Å²) >= 11 is 1.82. The molecule has 272 valence electrons. The van der Waals surface area contributed by atoms with Crippen LogP contribution in [0.3, 0.4) is 0 Å². The van der Waals surface area contributed by atoms with Crippen LogP contribution in [-0.2, 0) is 11.8 Å². The second-order valence-electron chi connectivity index (χ2n) is 15.5. The Balaban J connectivity index is 1.05. The highest BCUT2D eigenvalue weighted by atomic mass is 32.1. The molecule has 4 heterocycles. The molecular formula is C53H33N3OS. The fourth-order valence-corrected chi connectivity index (χ4v) is 11.4. The zero-order valence-electron chi connectivity index (χ0n) is 31.3. The average Bonchev–Trinajstić information content (AvgIpc) is 3.93. The minimum absolute atomic E-state index is 0.511. The molecule has 0 bridgehead atoms. The third kappa shape index (κ3) is 4.28. The lowest BCUT2D eigenvalue weighted by atomic mass is 9.66. The van der Waals surface area contributed by atoms with E-state index in [4.69, 9.17) is 14.7 Å². The van der Waals surface area contributed by atoms with E-state index in [1.165, 1.54) is 60.1 Å². The van der Waals surface area contributed by atoms with Crippen LogP contribution >= 0.6 is 11.3 Å². The Labute approximate surface area is 339 Å². The van der Waals surface area contributed by atoms with Crippen molar-refractivity contribution in [2.24, 2.45) is 0 Å². The van der Waals surface area contributed by atoms with Gasteiger partial charge in [-0.25, -0.2) is 9.97 Å². The molecule has 3 aliphatic rings. The Morgan fingerprint density at radius 1 is 0.569 bits per heavy atom. The van der Waals surface area contributed by atoms with Crippen LogP contribution in [0.4, 0.5) is 0 Å². The van der Waals surface area contributed by atoms with Crippen molar-refractivity contribution in [3.8, 4) is 51.0 Å². The van der Waals surface area contributed by atoms with E-state index in [9.17, 15) is 0 Å². The minimum Gasteiger partial charge on any atom is -0.457 e. The fourth-order valence-electron chi connectivity index (χ4n) is 10.1. The zero-order valence-corrected chi connectivity index (χ0v) is 32.1. The van der Waals surface area contributed by atoms with Crippen LogP contribution in [0.15, 0.2) is 170 Å². The van der Waals surface area contributed by atoms with Crippen LogP contribution in [0.2, 0.25) is 0 Å². The SMILES string of the molecule is C1=Cc2sc3c(-c4ccc5c(c4)-c4ccccc4C54c5ccccc5Oc5ccccc54)nc(-c4ccc5c(c4)c4ccccc4n5-c4ccccc4)nc3c2CC1. The highest BCUT2D eigenvalue weighted by molar-refractivity contribution is 7.20. The molecule has 3 aromatic heterocycles. The van der Waals surface area contributed by atoms with E-state index in [1.54, 1.807) is 0 Å². The number of aryl methyl sites for hydroxylation is 1. The molecule has 1 spiro atoms. The van der Waals surface area contributed by atoms with Gasteiger partial charge >= 0.3 is 0 Å². The average molecular weight is 760 g/mol. The molecule has 0 N–H and O–H groups in total. The van der Waals surface area contributed by atoms with Gasteiger partial charge in [-0.1, -0.05) is 115 Å². The molecule has 1 aliphatic heterocycles. The van der Waals surface area contributed by atoms with Crippen molar-refractivity contribution in [3.05, 3.63) is 203 Å². The van der Waals surface area contributed by atoms with Gasteiger partial charge in [0.25, 0.3) is 0 Å². The third-order valence-corrected chi connectivity index (χ3v) is 13.7. The lowest BCUT2D eigenvalue weighted by Crippen LogP contribution is -2.32. The lowest BCUT2D eigenvalue weighted by Gasteiger charge is -2.39. The number of ether oxygens (including phenoxy) is 1. The first-order valence-corrected chi connectivity index (χ1v) is 20.8. The molecule has 2 aliphatic carbocycles. The number of allylic oxidation sites excluding steroid dienone is 1. The van der Waals surface area contributed by atoms with Gasteiger partial charge in [0.1, 0.15) is 11.5 Å². The van der Waals surface area contributed by atoms with E-state index >= 15 is 0 Å². The number of fused-ring (bicyclic) bond motifs is 15. The van der Waals surface area contributed by atoms with Gasteiger partial charge in [-0.05, 0) is 101 Å². The molecule has 0 unspecified atom stereocenters. The molecule has 13 rings (SSSR count). The number of nitrogens with zero attached hydrogens (tertiary/aromatic N) is 3. The van der Waals surface area contributed by atoms with Gasteiger partial charge in [0.2, 0.25) is 0 Å². The second-order valence-corrected chi connectivity index (χ2v) is 16.6. The first-order valence-electron chi connectivity index (χ1n) is 20.0. The molecule has 58 heavy (non-hydrogen) atoms. The van der Waals surface area contributed by atoms with Crippen molar-refractivity contribution in [1.29, 1.82) is 0 Å². The molecule has 5 heteroatoms. The van der Waals surface area contributed by atoms with Crippen LogP contribution in [0, 0.1) is 0 Å². The summed E-state index contributed by atoms with van der Waals surface area (Å²) in [6, 6.07) is 59.1. The van der Waals surface area contributed by atoms with Crippen LogP contribution in [0.25, 0.3) is 77.6 Å². The van der Waals surface area contributed by atoms with Crippen LogP contribution in [0.1, 0.15) is 39.1 Å². The first kappa shape index (κ1) is 32.1. The molecule has 0 fully saturated rings. The number of benzene rings is 7. The Hall–Kier alpha value is -7.08. The number of aromatic nitrogens is 3. The van der Waals surface area contributed by atoms with E-state index in [-0.39, 0.29) is 0 Å². The molecule has 0 amide bonds. The molecule has 0 saturated heterocycles. The number of rotatable bonds is 3. The van der Waals surface area contributed by atoms with E-state index in [0.29, 0.717) is 0 Å². The van der Waals surface area contributed by atoms with Gasteiger partial charge in [-0.15, -0.1) is 11.3 Å². The Morgan fingerprint density at radius 2 is 1.26 bits per heavy atom. The van der Waals surface area contributed by atoms with Gasteiger partial charge in [-0.2, -0.15) is 0 Å². The number of hydrogen-bond acceptors (Lipinski definition) is 4. The Morgan fingerprint density at radius 3 is 2.10 bits per heavy atom. The molecule has 4 nitrogen and oxygen atoms in total. The molecule has 0 radical (unpaired) electrons. The largest absolute Gasteiger partial charge is 0.457 e. The zero-order chi connectivity index (χ0) is 38.0. The number of hydrogen-bond donors (Lipinski definition) is 0. The topological polar surface area (TPSA) is 39.9 Å². The molecule has 0 atom stereocenters. The first-order chi connectivity index (χ1) is 28.8. The van der Waals surface area contributed by atoms with E-state index in [1.807, 2.05) is 11.3 Å². The normalized spacial score (nSPS) is 14.3. The second kappa shape index (κ2) is 12.0. The molecule has 0 saturated carbocycles. The molecule has 7 aromatic carbocycles. The molecule has 10 aromatic rings. The Bertz CT molecular complexity index is 3340. The van der Waals surface area contributed by atoms with Gasteiger partial charge in [0.15, 0.2) is 5.82 Å². The summed E-state index contributed by atoms with van der Waals surface area (Å²) in [6.45, 7) is 0. The lowest BCUT2D eigenvalue weighted by molar-refractivity contribution is 0.436. The summed E-state index contributed by atoms with van der Waals surface area (Å²) in [5.74, 6) is 2.55. The van der Waals surface area contributed by atoms with Crippen molar-refractivity contribution in [1.82, 2.24) is 14.5 Å². The summed E-state index contributed by atoms with van der Waals surface area (Å²) < 4.78 is 10.1. The smallest absolute Gasteiger partial charge is 0.160 e. The Kier molecular flexibility index (Phi) is 6.61. The summed E-state index contributed by atoms with van der Waals surface area (Å²) in [4.78, 5) is 12.3. The van der Waals surface area contributed by atoms with Crippen LogP contribution < -0.4 is 4.74 Å². The summed E-state index contributed by atoms with van der Waals surface area (Å²) in [6.07, 6.45) is 6.56. The van der Waals surface area contributed by atoms with Crippen molar-refractivity contribution in [3.63, 3.8) is 0 Å².